The van der Waals surface area contributed by atoms with Crippen molar-refractivity contribution in [3.05, 3.63) is 0 Å². The van der Waals surface area contributed by atoms with E-state index in [9.17, 15) is 14.5 Å². The van der Waals surface area contributed by atoms with E-state index in [2.05, 4.69) is 4.52 Å². The van der Waals surface area contributed by atoms with Crippen LogP contribution in [0.5, 0.6) is 0 Å². The van der Waals surface area contributed by atoms with E-state index in [4.69, 9.17) is 20.0 Å². The zero-order valence-corrected chi connectivity index (χ0v) is 8.09. The molecule has 0 aromatic carbocycles. The monoisotopic (exact) mass is 230 g/mol. The van der Waals surface area contributed by atoms with Gasteiger partial charge in [-0.15, -0.1) is 0 Å². The topological polar surface area (TPSA) is 145 Å². The van der Waals surface area contributed by atoms with Gasteiger partial charge in [-0.2, -0.15) is 0 Å². The number of rotatable bonds is 5. The number of aliphatic hydroxyl groups excluding tert-OH is 1. The fourth-order valence-electron chi connectivity index (χ4n) is 0.540. The molecule has 0 aromatic rings. The molecular weight excluding hydrogens is 219 g/mol. The first-order chi connectivity index (χ1) is 6.09. The Balaban J connectivity index is 4.56. The van der Waals surface area contributed by atoms with Crippen LogP contribution in [0.2, 0.25) is 0 Å². The molecule has 0 unspecified atom stereocenters. The number of Topliss-reactive ketones (excluding diaryl/α,β-unsaturated/α-hetero) is 1. The van der Waals surface area contributed by atoms with Gasteiger partial charge in [0, 0.05) is 0 Å². The molecule has 1 atom stereocenters. The van der Waals surface area contributed by atoms with Crippen LogP contribution in [-0.2, 0) is 13.9 Å². The molecule has 0 bridgehead atoms. The third-order valence-corrected chi connectivity index (χ3v) is 1.96. The lowest BCUT2D eigenvalue weighted by atomic mass is 10.0. The molecule has 8 nitrogen and oxygen atoms in total. The third-order valence-electron chi connectivity index (χ3n) is 1.49. The third kappa shape index (κ3) is 3.81. The van der Waals surface area contributed by atoms with Gasteiger partial charge in [-0.25, -0.2) is 4.57 Å². The first kappa shape index (κ1) is 13.7. The molecule has 9 heteroatoms. The maximum absolute atomic E-state index is 10.7. The highest BCUT2D eigenvalue weighted by molar-refractivity contribution is 7.46. The van der Waals surface area contributed by atoms with Gasteiger partial charge < -0.3 is 25.1 Å². The Morgan fingerprint density at radius 2 is 1.93 bits per heavy atom. The molecule has 0 rings (SSSR count). The predicted octanol–water partition coefficient (Wildman–Crippen LogP) is -2.27. The summed E-state index contributed by atoms with van der Waals surface area (Å²) in [5, 5.41) is 26.4. The van der Waals surface area contributed by atoms with Crippen LogP contribution in [0.3, 0.4) is 0 Å². The minimum atomic E-state index is -4.88. The fraction of sp³-hybridized carbons (Fsp3) is 0.800. The summed E-state index contributed by atoms with van der Waals surface area (Å²) < 4.78 is 14.0. The van der Waals surface area contributed by atoms with Crippen LogP contribution in [0.25, 0.3) is 0 Å². The number of hydrogen-bond acceptors (Lipinski definition) is 6. The lowest BCUT2D eigenvalue weighted by Gasteiger charge is -2.26. The molecule has 0 amide bonds. The number of carbonyl (C=O) groups is 1. The van der Waals surface area contributed by atoms with Crippen molar-refractivity contribution in [2.45, 2.75) is 18.8 Å². The number of phosphoric acid groups is 1. The molecule has 14 heavy (non-hydrogen) atoms. The van der Waals surface area contributed by atoms with E-state index in [1.54, 1.807) is 0 Å². The van der Waals surface area contributed by atoms with Crippen LogP contribution in [0.15, 0.2) is 0 Å². The molecule has 0 fully saturated rings. The van der Waals surface area contributed by atoms with Gasteiger partial charge in [0.25, 0.3) is 0 Å². The van der Waals surface area contributed by atoms with Crippen LogP contribution in [0, 0.1) is 0 Å². The number of aliphatic hydroxyl groups is 3. The summed E-state index contributed by atoms with van der Waals surface area (Å²) in [5.74, 6) is -1.08. The van der Waals surface area contributed by atoms with Gasteiger partial charge in [-0.3, -0.25) is 9.32 Å². The molecule has 0 spiro atoms. The summed E-state index contributed by atoms with van der Waals surface area (Å²) in [6.07, 6.45) is -2.48. The minimum absolute atomic E-state index is 0.822. The predicted molar refractivity (Wildman–Crippen MR) is 41.9 cm³/mol. The molecule has 0 saturated carbocycles. The van der Waals surface area contributed by atoms with E-state index in [-0.39, 0.29) is 0 Å². The first-order valence-corrected chi connectivity index (χ1v) is 4.92. The van der Waals surface area contributed by atoms with Crippen molar-refractivity contribution in [2.75, 3.05) is 6.61 Å². The highest BCUT2D eigenvalue weighted by Crippen LogP contribution is 2.37. The van der Waals surface area contributed by atoms with Crippen LogP contribution < -0.4 is 0 Å². The van der Waals surface area contributed by atoms with Crippen molar-refractivity contribution in [3.8, 4) is 0 Å². The number of carbonyl (C=O) groups excluding carboxylic acids is 1. The molecular formula is C5H11O8P. The van der Waals surface area contributed by atoms with Gasteiger partial charge >= 0.3 is 7.82 Å². The van der Waals surface area contributed by atoms with Crippen molar-refractivity contribution in [2.24, 2.45) is 0 Å². The minimum Gasteiger partial charge on any atom is -0.375 e. The Morgan fingerprint density at radius 3 is 2.14 bits per heavy atom. The van der Waals surface area contributed by atoms with Crippen LogP contribution >= 0.6 is 7.82 Å². The van der Waals surface area contributed by atoms with E-state index < -0.39 is 32.1 Å². The Kier molecular flexibility index (Phi) is 4.34. The lowest BCUT2D eigenvalue weighted by Crippen LogP contribution is -2.52. The van der Waals surface area contributed by atoms with Crippen molar-refractivity contribution in [1.29, 1.82) is 0 Å². The fourth-order valence-corrected chi connectivity index (χ4v) is 0.905. The van der Waals surface area contributed by atoms with Crippen LogP contribution in [0.1, 0.15) is 6.92 Å². The van der Waals surface area contributed by atoms with Gasteiger partial charge in [0.15, 0.2) is 17.7 Å². The van der Waals surface area contributed by atoms with Crippen molar-refractivity contribution in [3.63, 3.8) is 0 Å². The summed E-state index contributed by atoms with van der Waals surface area (Å²) in [5.41, 5.74) is -2.74. The van der Waals surface area contributed by atoms with E-state index in [0.29, 0.717) is 0 Å². The van der Waals surface area contributed by atoms with E-state index in [1.165, 1.54) is 0 Å². The van der Waals surface area contributed by atoms with Crippen LogP contribution in [-0.4, -0.2) is 49.4 Å². The van der Waals surface area contributed by atoms with Gasteiger partial charge in [0.1, 0.15) is 0 Å². The van der Waals surface area contributed by atoms with Gasteiger partial charge in [-0.1, -0.05) is 0 Å². The van der Waals surface area contributed by atoms with Gasteiger partial charge in [0.05, 0.1) is 6.61 Å². The smallest absolute Gasteiger partial charge is 0.375 e. The first-order valence-electron chi connectivity index (χ1n) is 3.39. The molecule has 0 aliphatic rings. The van der Waals surface area contributed by atoms with Gasteiger partial charge in [-0.05, 0) is 6.92 Å². The van der Waals surface area contributed by atoms with Crippen molar-refractivity contribution in [1.82, 2.24) is 0 Å². The van der Waals surface area contributed by atoms with Crippen molar-refractivity contribution < 1.29 is 39.0 Å². The summed E-state index contributed by atoms with van der Waals surface area (Å²) in [4.78, 5) is 27.2. The number of phosphoric ester groups is 1. The standard InChI is InChI=1S/C5H11O8P/c1-3(6)5(9,4(7)8)2-13-14(10,11)12/h4,7-9H,2H2,1H3,(H2,10,11,12)/t5-/m0/s1. The largest absolute Gasteiger partial charge is 0.469 e. The molecule has 84 valence electrons. The molecule has 5 N–H and O–H groups in total. The zero-order valence-electron chi connectivity index (χ0n) is 7.19. The molecule has 0 saturated heterocycles. The number of ketones is 1. The summed E-state index contributed by atoms with van der Waals surface area (Å²) in [7, 11) is -4.88. The normalized spacial score (nSPS) is 16.8. The molecule has 0 heterocycles. The second-order valence-corrected chi connectivity index (χ2v) is 3.86. The number of hydrogen-bond donors (Lipinski definition) is 5. The van der Waals surface area contributed by atoms with E-state index >= 15 is 0 Å². The maximum atomic E-state index is 10.7. The van der Waals surface area contributed by atoms with E-state index in [1.807, 2.05) is 0 Å². The average Bonchev–Trinajstić information content (AvgIpc) is 1.97. The molecule has 0 aliphatic heterocycles. The maximum Gasteiger partial charge on any atom is 0.469 e. The second-order valence-electron chi connectivity index (χ2n) is 2.62. The Bertz CT molecular complexity index is 256. The summed E-state index contributed by atoms with van der Waals surface area (Å²) in [6, 6.07) is 0. The summed E-state index contributed by atoms with van der Waals surface area (Å²) >= 11 is 0. The highest BCUT2D eigenvalue weighted by atomic mass is 31.2. The van der Waals surface area contributed by atoms with Crippen LogP contribution in [0.4, 0.5) is 0 Å². The molecule has 0 radical (unpaired) electrons. The highest BCUT2D eigenvalue weighted by Gasteiger charge is 2.42. The Hall–Kier alpha value is -0.340. The Labute approximate surface area is 79.0 Å². The lowest BCUT2D eigenvalue weighted by molar-refractivity contribution is -0.198. The quantitative estimate of drug-likeness (QED) is 0.262. The molecule has 0 aromatic heterocycles. The van der Waals surface area contributed by atoms with Crippen molar-refractivity contribution >= 4 is 13.6 Å². The molecule has 0 aliphatic carbocycles. The SMILES string of the molecule is CC(=O)[C@@](O)(COP(=O)(O)O)C(O)O. The van der Waals surface area contributed by atoms with E-state index in [0.717, 1.165) is 6.92 Å². The zero-order chi connectivity index (χ0) is 11.6. The Morgan fingerprint density at radius 1 is 1.50 bits per heavy atom. The average molecular weight is 230 g/mol. The summed E-state index contributed by atoms with van der Waals surface area (Å²) in [6.45, 7) is -0.382. The second kappa shape index (κ2) is 4.45. The van der Waals surface area contributed by atoms with Gasteiger partial charge in [0.2, 0.25) is 0 Å².